The van der Waals surface area contributed by atoms with Crippen LogP contribution in [0, 0.1) is 0 Å². The molecule has 1 aromatic heterocycles. The van der Waals surface area contributed by atoms with Gasteiger partial charge in [-0.05, 0) is 45.8 Å². The summed E-state index contributed by atoms with van der Waals surface area (Å²) >= 11 is 0. The molecule has 2 rings (SSSR count). The van der Waals surface area contributed by atoms with Gasteiger partial charge in [-0.3, -0.25) is 9.88 Å². The van der Waals surface area contributed by atoms with Crippen LogP contribution in [0.15, 0.2) is 24.5 Å². The molecule has 0 bridgehead atoms. The highest BCUT2D eigenvalue weighted by molar-refractivity contribution is 5.16. The fourth-order valence-electron chi connectivity index (χ4n) is 2.59. The molecule has 1 atom stereocenters. The van der Waals surface area contributed by atoms with Gasteiger partial charge in [0, 0.05) is 23.5 Å². The molecule has 0 radical (unpaired) electrons. The zero-order chi connectivity index (χ0) is 12.3. The van der Waals surface area contributed by atoms with Gasteiger partial charge in [0.05, 0.1) is 6.10 Å². The summed E-state index contributed by atoms with van der Waals surface area (Å²) in [6.45, 7) is 6.42. The second-order valence-corrected chi connectivity index (χ2v) is 5.39. The molecular weight excluding hydrogens is 212 g/mol. The highest BCUT2D eigenvalue weighted by atomic mass is 16.3. The molecule has 1 fully saturated rings. The lowest BCUT2D eigenvalue weighted by Crippen LogP contribution is -2.50. The third-order valence-electron chi connectivity index (χ3n) is 3.84. The Balaban J connectivity index is 2.13. The maximum atomic E-state index is 10.5. The number of piperidine rings is 1. The van der Waals surface area contributed by atoms with E-state index in [1.165, 1.54) is 19.3 Å². The van der Waals surface area contributed by atoms with E-state index >= 15 is 0 Å². The molecule has 1 aliphatic rings. The second kappa shape index (κ2) is 5.15. The molecule has 0 saturated carbocycles. The fraction of sp³-hybridized carbons (Fsp3) is 0.643. The quantitative estimate of drug-likeness (QED) is 0.872. The average Bonchev–Trinajstić information content (AvgIpc) is 2.40. The van der Waals surface area contributed by atoms with E-state index < -0.39 is 6.10 Å². The van der Waals surface area contributed by atoms with Crippen molar-refractivity contribution in [3.8, 4) is 0 Å². The molecule has 0 amide bonds. The van der Waals surface area contributed by atoms with Crippen molar-refractivity contribution < 1.29 is 5.11 Å². The number of nitrogens with zero attached hydrogens (tertiary/aromatic N) is 2. The van der Waals surface area contributed by atoms with Gasteiger partial charge in [-0.2, -0.15) is 0 Å². The predicted octanol–water partition coefficient (Wildman–Crippen LogP) is 2.38. The van der Waals surface area contributed by atoms with E-state index in [4.69, 9.17) is 0 Å². The fourth-order valence-corrected chi connectivity index (χ4v) is 2.59. The van der Waals surface area contributed by atoms with Crippen LogP contribution >= 0.6 is 0 Å². The van der Waals surface area contributed by atoms with Crippen molar-refractivity contribution in [2.24, 2.45) is 0 Å². The van der Waals surface area contributed by atoms with Gasteiger partial charge < -0.3 is 5.11 Å². The minimum Gasteiger partial charge on any atom is -0.386 e. The van der Waals surface area contributed by atoms with Crippen molar-refractivity contribution in [2.45, 2.75) is 44.8 Å². The summed E-state index contributed by atoms with van der Waals surface area (Å²) < 4.78 is 0. The van der Waals surface area contributed by atoms with Gasteiger partial charge in [-0.15, -0.1) is 0 Å². The minimum absolute atomic E-state index is 0.219. The summed E-state index contributed by atoms with van der Waals surface area (Å²) in [6, 6.07) is 3.83. The molecule has 3 nitrogen and oxygen atoms in total. The van der Waals surface area contributed by atoms with Crippen LogP contribution in [0.2, 0.25) is 0 Å². The molecule has 1 N–H and O–H groups in total. The van der Waals surface area contributed by atoms with Gasteiger partial charge in [0.15, 0.2) is 0 Å². The van der Waals surface area contributed by atoms with Crippen molar-refractivity contribution in [3.05, 3.63) is 30.1 Å². The van der Waals surface area contributed by atoms with Gasteiger partial charge in [0.1, 0.15) is 0 Å². The molecule has 1 aromatic rings. The van der Waals surface area contributed by atoms with Crippen LogP contribution in [0.3, 0.4) is 0 Å². The van der Waals surface area contributed by atoms with Gasteiger partial charge >= 0.3 is 0 Å². The first-order valence-electron chi connectivity index (χ1n) is 6.45. The number of hydrogen-bond acceptors (Lipinski definition) is 3. The van der Waals surface area contributed by atoms with E-state index in [2.05, 4.69) is 23.7 Å². The van der Waals surface area contributed by atoms with Crippen molar-refractivity contribution in [3.63, 3.8) is 0 Å². The van der Waals surface area contributed by atoms with Gasteiger partial charge in [-0.25, -0.2) is 0 Å². The minimum atomic E-state index is -0.478. The molecule has 1 aliphatic heterocycles. The molecule has 2 heterocycles. The van der Waals surface area contributed by atoms with E-state index in [1.54, 1.807) is 12.4 Å². The number of aliphatic hydroxyl groups is 1. The van der Waals surface area contributed by atoms with Crippen molar-refractivity contribution >= 4 is 0 Å². The van der Waals surface area contributed by atoms with E-state index in [-0.39, 0.29) is 5.54 Å². The summed E-state index contributed by atoms with van der Waals surface area (Å²) in [4.78, 5) is 6.48. The Bertz CT molecular complexity index is 344. The number of aromatic nitrogens is 1. The Hall–Kier alpha value is -0.930. The Kier molecular flexibility index (Phi) is 3.79. The second-order valence-electron chi connectivity index (χ2n) is 5.39. The predicted molar refractivity (Wildman–Crippen MR) is 68.7 cm³/mol. The molecule has 1 saturated heterocycles. The smallest absolute Gasteiger partial charge is 0.0983 e. The van der Waals surface area contributed by atoms with Crippen molar-refractivity contribution in [1.82, 2.24) is 9.88 Å². The monoisotopic (exact) mass is 234 g/mol. The lowest BCUT2D eigenvalue weighted by molar-refractivity contribution is -0.0210. The molecular formula is C14H22N2O. The summed E-state index contributed by atoms with van der Waals surface area (Å²) in [5.74, 6) is 0. The number of rotatable bonds is 3. The number of pyridine rings is 1. The third-order valence-corrected chi connectivity index (χ3v) is 3.84. The van der Waals surface area contributed by atoms with Crippen LogP contribution in [0.5, 0.6) is 0 Å². The zero-order valence-corrected chi connectivity index (χ0v) is 10.8. The van der Waals surface area contributed by atoms with Crippen LogP contribution in [0.25, 0.3) is 0 Å². The zero-order valence-electron chi connectivity index (χ0n) is 10.8. The van der Waals surface area contributed by atoms with Crippen LogP contribution in [0.4, 0.5) is 0 Å². The van der Waals surface area contributed by atoms with E-state index in [1.807, 2.05) is 12.1 Å². The first-order valence-corrected chi connectivity index (χ1v) is 6.45. The standard InChI is InChI=1S/C14H22N2O/c1-14(2,16-9-4-3-5-10-16)13(17)12-7-6-8-15-11-12/h6-8,11,13,17H,3-5,9-10H2,1-2H3. The number of likely N-dealkylation sites (tertiary alicyclic amines) is 1. The lowest BCUT2D eigenvalue weighted by Gasteiger charge is -2.44. The third kappa shape index (κ3) is 2.67. The molecule has 0 spiro atoms. The highest BCUT2D eigenvalue weighted by Gasteiger charge is 2.35. The first-order chi connectivity index (χ1) is 8.12. The van der Waals surface area contributed by atoms with E-state index in [0.29, 0.717) is 0 Å². The van der Waals surface area contributed by atoms with E-state index in [0.717, 1.165) is 18.7 Å². The molecule has 1 unspecified atom stereocenters. The SMILES string of the molecule is CC(C)(C(O)c1cccnc1)N1CCCCC1. The normalized spacial score (nSPS) is 20.2. The molecule has 94 valence electrons. The topological polar surface area (TPSA) is 36.4 Å². The molecule has 3 heteroatoms. The van der Waals surface area contributed by atoms with Crippen molar-refractivity contribution in [1.29, 1.82) is 0 Å². The largest absolute Gasteiger partial charge is 0.386 e. The lowest BCUT2D eigenvalue weighted by atomic mass is 9.88. The Labute approximate surface area is 103 Å². The molecule has 0 aliphatic carbocycles. The summed E-state index contributed by atoms with van der Waals surface area (Å²) in [5.41, 5.74) is 0.687. The van der Waals surface area contributed by atoms with E-state index in [9.17, 15) is 5.11 Å². The maximum absolute atomic E-state index is 10.5. The Morgan fingerprint density at radius 1 is 1.29 bits per heavy atom. The molecule has 17 heavy (non-hydrogen) atoms. The summed E-state index contributed by atoms with van der Waals surface area (Å²) in [7, 11) is 0. The van der Waals surface area contributed by atoms with Gasteiger partial charge in [0.2, 0.25) is 0 Å². The maximum Gasteiger partial charge on any atom is 0.0983 e. The molecule has 0 aromatic carbocycles. The van der Waals surface area contributed by atoms with Crippen LogP contribution in [-0.4, -0.2) is 33.6 Å². The van der Waals surface area contributed by atoms with Crippen LogP contribution < -0.4 is 0 Å². The highest BCUT2D eigenvalue weighted by Crippen LogP contribution is 2.32. The average molecular weight is 234 g/mol. The van der Waals surface area contributed by atoms with Crippen LogP contribution in [-0.2, 0) is 0 Å². The first kappa shape index (κ1) is 12.5. The Morgan fingerprint density at radius 3 is 2.59 bits per heavy atom. The number of aliphatic hydroxyl groups excluding tert-OH is 1. The van der Waals surface area contributed by atoms with Gasteiger partial charge in [-0.1, -0.05) is 12.5 Å². The van der Waals surface area contributed by atoms with Crippen LogP contribution in [0.1, 0.15) is 44.8 Å². The summed E-state index contributed by atoms with van der Waals surface area (Å²) in [6.07, 6.45) is 6.82. The number of hydrogen-bond donors (Lipinski definition) is 1. The Morgan fingerprint density at radius 2 is 2.00 bits per heavy atom. The van der Waals surface area contributed by atoms with Gasteiger partial charge in [0.25, 0.3) is 0 Å². The van der Waals surface area contributed by atoms with Crippen molar-refractivity contribution in [2.75, 3.05) is 13.1 Å². The summed E-state index contributed by atoms with van der Waals surface area (Å²) in [5, 5.41) is 10.5.